The molecule has 1 aromatic carbocycles. The van der Waals surface area contributed by atoms with E-state index in [2.05, 4.69) is 27.1 Å². The zero-order chi connectivity index (χ0) is 20.3. The fourth-order valence-corrected chi connectivity index (χ4v) is 4.85. The maximum atomic E-state index is 14.2. The summed E-state index contributed by atoms with van der Waals surface area (Å²) >= 11 is 1.78. The first-order valence-electron chi connectivity index (χ1n) is 10.1. The second-order valence-electron chi connectivity index (χ2n) is 7.80. The lowest BCUT2D eigenvalue weighted by Crippen LogP contribution is -2.43. The van der Waals surface area contributed by atoms with Crippen molar-refractivity contribution in [3.63, 3.8) is 0 Å². The number of guanidine groups is 1. The largest absolute Gasteiger partial charge is 0.356 e. The Bertz CT molecular complexity index is 906. The highest BCUT2D eigenvalue weighted by Gasteiger charge is 2.45. The third-order valence-corrected chi connectivity index (χ3v) is 6.93. The van der Waals surface area contributed by atoms with E-state index in [0.29, 0.717) is 25.5 Å². The molecule has 0 unspecified atom stereocenters. The van der Waals surface area contributed by atoms with Crippen LogP contribution in [0, 0.1) is 5.82 Å². The molecule has 1 aliphatic heterocycles. The number of nitrogens with one attached hydrogen (secondary N) is 2. The zero-order valence-corrected chi connectivity index (χ0v) is 17.5. The Morgan fingerprint density at radius 1 is 1.28 bits per heavy atom. The minimum absolute atomic E-state index is 0.143. The van der Waals surface area contributed by atoms with Gasteiger partial charge in [0.15, 0.2) is 5.96 Å². The first-order chi connectivity index (χ1) is 14.1. The molecule has 1 aliphatic carbocycles. The molecule has 2 aromatic rings. The maximum absolute atomic E-state index is 14.2. The number of nitrogens with zero attached hydrogens (tertiary/aromatic N) is 2. The molecule has 7 heteroatoms. The average Bonchev–Trinajstić information content (AvgIpc) is 3.37. The summed E-state index contributed by atoms with van der Waals surface area (Å²) in [7, 11) is 1.71. The Labute approximate surface area is 175 Å². The van der Waals surface area contributed by atoms with Gasteiger partial charge in [-0.25, -0.2) is 4.39 Å². The first-order valence-corrected chi connectivity index (χ1v) is 11.0. The molecule has 1 amide bonds. The number of benzene rings is 1. The molecule has 154 valence electrons. The standard InChI is InChI=1S/C22H27FN4OS/c1-24-21(26-15-22(9-10-22)17-4-2-3-5-18(17)23)25-11-6-20(28)27-12-7-19-16(14-27)8-13-29-19/h2-5,8,13H,6-7,9-12,14-15H2,1H3,(H2,24,25,26). The van der Waals surface area contributed by atoms with E-state index in [1.54, 1.807) is 24.5 Å². The van der Waals surface area contributed by atoms with E-state index in [1.165, 1.54) is 16.5 Å². The van der Waals surface area contributed by atoms with Gasteiger partial charge in [-0.2, -0.15) is 0 Å². The van der Waals surface area contributed by atoms with E-state index < -0.39 is 0 Å². The molecule has 4 rings (SSSR count). The van der Waals surface area contributed by atoms with Crippen LogP contribution in [0.25, 0.3) is 0 Å². The van der Waals surface area contributed by atoms with E-state index >= 15 is 0 Å². The number of rotatable bonds is 6. The van der Waals surface area contributed by atoms with Crippen molar-refractivity contribution < 1.29 is 9.18 Å². The summed E-state index contributed by atoms with van der Waals surface area (Å²) in [5, 5.41) is 8.63. The lowest BCUT2D eigenvalue weighted by molar-refractivity contribution is -0.131. The number of aliphatic imine (C=N–C) groups is 1. The Hall–Kier alpha value is -2.41. The monoisotopic (exact) mass is 414 g/mol. The highest BCUT2D eigenvalue weighted by Crippen LogP contribution is 2.48. The van der Waals surface area contributed by atoms with Crippen molar-refractivity contribution in [3.05, 3.63) is 57.5 Å². The summed E-state index contributed by atoms with van der Waals surface area (Å²) in [5.41, 5.74) is 1.91. The molecule has 1 aromatic heterocycles. The fourth-order valence-electron chi connectivity index (χ4n) is 3.96. The van der Waals surface area contributed by atoms with Crippen molar-refractivity contribution in [2.75, 3.05) is 26.7 Å². The topological polar surface area (TPSA) is 56.7 Å². The van der Waals surface area contributed by atoms with Gasteiger partial charge in [-0.15, -0.1) is 11.3 Å². The van der Waals surface area contributed by atoms with Crippen molar-refractivity contribution >= 4 is 23.2 Å². The molecular weight excluding hydrogens is 387 g/mol. The van der Waals surface area contributed by atoms with E-state index in [1.807, 2.05) is 17.0 Å². The van der Waals surface area contributed by atoms with Gasteiger partial charge in [-0.3, -0.25) is 9.79 Å². The third kappa shape index (κ3) is 4.45. The first kappa shape index (κ1) is 19.9. The number of carbonyl (C=O) groups is 1. The SMILES string of the molecule is CN=C(NCCC(=O)N1CCc2sccc2C1)NCC1(c2ccccc2F)CC1. The normalized spacial score (nSPS) is 17.6. The highest BCUT2D eigenvalue weighted by atomic mass is 32.1. The quantitative estimate of drug-likeness (QED) is 0.564. The van der Waals surface area contributed by atoms with Crippen LogP contribution in [-0.2, 0) is 23.2 Å². The molecule has 0 spiro atoms. The minimum Gasteiger partial charge on any atom is -0.356 e. The van der Waals surface area contributed by atoms with Crippen LogP contribution in [0.1, 0.15) is 35.3 Å². The predicted octanol–water partition coefficient (Wildman–Crippen LogP) is 3.06. The van der Waals surface area contributed by atoms with Crippen LogP contribution in [0.3, 0.4) is 0 Å². The fraction of sp³-hybridized carbons (Fsp3) is 0.455. The summed E-state index contributed by atoms with van der Waals surface area (Å²) < 4.78 is 14.2. The van der Waals surface area contributed by atoms with Gasteiger partial charge in [0, 0.05) is 49.9 Å². The number of thiophene rings is 1. The molecular formula is C22H27FN4OS. The second-order valence-corrected chi connectivity index (χ2v) is 8.80. The van der Waals surface area contributed by atoms with Crippen molar-refractivity contribution in [3.8, 4) is 0 Å². The van der Waals surface area contributed by atoms with Crippen molar-refractivity contribution in [2.24, 2.45) is 4.99 Å². The maximum Gasteiger partial charge on any atom is 0.224 e. The van der Waals surface area contributed by atoms with Crippen molar-refractivity contribution in [1.82, 2.24) is 15.5 Å². The summed E-state index contributed by atoms with van der Waals surface area (Å²) in [6.07, 6.45) is 3.32. The number of amides is 1. The van der Waals surface area contributed by atoms with Gasteiger partial charge in [-0.05, 0) is 47.9 Å². The molecule has 0 radical (unpaired) electrons. The van der Waals surface area contributed by atoms with Gasteiger partial charge in [0.2, 0.25) is 5.91 Å². The van der Waals surface area contributed by atoms with Gasteiger partial charge in [-0.1, -0.05) is 18.2 Å². The number of fused-ring (bicyclic) bond motifs is 1. The van der Waals surface area contributed by atoms with Crippen molar-refractivity contribution in [2.45, 2.75) is 37.6 Å². The van der Waals surface area contributed by atoms with Crippen LogP contribution in [0.2, 0.25) is 0 Å². The van der Waals surface area contributed by atoms with E-state index in [9.17, 15) is 9.18 Å². The lowest BCUT2D eigenvalue weighted by Gasteiger charge is -2.27. The van der Waals surface area contributed by atoms with Gasteiger partial charge in [0.1, 0.15) is 5.82 Å². The van der Waals surface area contributed by atoms with Crippen molar-refractivity contribution in [1.29, 1.82) is 0 Å². The Morgan fingerprint density at radius 2 is 2.10 bits per heavy atom. The van der Waals surface area contributed by atoms with Crippen LogP contribution >= 0.6 is 11.3 Å². The van der Waals surface area contributed by atoms with Gasteiger partial charge in [0.05, 0.1) is 0 Å². The number of hydrogen-bond donors (Lipinski definition) is 2. The number of carbonyl (C=O) groups excluding carboxylic acids is 1. The van der Waals surface area contributed by atoms with Crippen LogP contribution in [0.5, 0.6) is 0 Å². The molecule has 1 saturated carbocycles. The molecule has 2 aliphatic rings. The zero-order valence-electron chi connectivity index (χ0n) is 16.7. The third-order valence-electron chi connectivity index (χ3n) is 5.91. The highest BCUT2D eigenvalue weighted by molar-refractivity contribution is 7.10. The lowest BCUT2D eigenvalue weighted by atomic mass is 9.95. The van der Waals surface area contributed by atoms with E-state index in [-0.39, 0.29) is 17.1 Å². The summed E-state index contributed by atoms with van der Waals surface area (Å²) in [5.74, 6) is 0.671. The average molecular weight is 415 g/mol. The summed E-state index contributed by atoms with van der Waals surface area (Å²) in [6, 6.07) is 9.12. The van der Waals surface area contributed by atoms with E-state index in [4.69, 9.17) is 0 Å². The molecule has 1 fully saturated rings. The molecule has 2 heterocycles. The van der Waals surface area contributed by atoms with Gasteiger partial charge < -0.3 is 15.5 Å². The minimum atomic E-state index is -0.148. The van der Waals surface area contributed by atoms with Gasteiger partial charge in [0.25, 0.3) is 0 Å². The van der Waals surface area contributed by atoms with Crippen LogP contribution in [0.15, 0.2) is 40.7 Å². The Balaban J connectivity index is 1.23. The number of hydrogen-bond acceptors (Lipinski definition) is 3. The Morgan fingerprint density at radius 3 is 2.86 bits per heavy atom. The molecule has 0 bridgehead atoms. The molecule has 29 heavy (non-hydrogen) atoms. The summed E-state index contributed by atoms with van der Waals surface area (Å²) in [6.45, 7) is 2.67. The van der Waals surface area contributed by atoms with Crippen LogP contribution in [0.4, 0.5) is 4.39 Å². The van der Waals surface area contributed by atoms with Crippen LogP contribution < -0.4 is 10.6 Å². The predicted molar refractivity (Wildman–Crippen MR) is 115 cm³/mol. The smallest absolute Gasteiger partial charge is 0.224 e. The van der Waals surface area contributed by atoms with Crippen LogP contribution in [-0.4, -0.2) is 43.4 Å². The van der Waals surface area contributed by atoms with E-state index in [0.717, 1.165) is 37.9 Å². The molecule has 5 nitrogen and oxygen atoms in total. The summed E-state index contributed by atoms with van der Waals surface area (Å²) in [4.78, 5) is 20.1. The van der Waals surface area contributed by atoms with Gasteiger partial charge >= 0.3 is 0 Å². The second kappa shape index (κ2) is 8.53. The number of halogens is 1. The Kier molecular flexibility index (Phi) is 5.85. The molecule has 2 N–H and O–H groups in total. The molecule has 0 saturated heterocycles. The molecule has 0 atom stereocenters.